The first-order valence-corrected chi connectivity index (χ1v) is 7.20. The highest BCUT2D eigenvalue weighted by Gasteiger charge is 2.20. The van der Waals surface area contributed by atoms with E-state index in [1.807, 2.05) is 0 Å². The van der Waals surface area contributed by atoms with Crippen LogP contribution in [-0.4, -0.2) is 28.3 Å². The van der Waals surface area contributed by atoms with Gasteiger partial charge >= 0.3 is 0 Å². The Morgan fingerprint density at radius 2 is 2.43 bits per heavy atom. The number of thioether (sulfide) groups is 1. The maximum atomic E-state index is 11.6. The Morgan fingerprint density at radius 1 is 1.64 bits per heavy atom. The van der Waals surface area contributed by atoms with Gasteiger partial charge in [0.15, 0.2) is 0 Å². The van der Waals surface area contributed by atoms with E-state index in [2.05, 4.69) is 28.2 Å². The molecule has 1 N–H and O–H groups in total. The van der Waals surface area contributed by atoms with Crippen LogP contribution in [0.2, 0.25) is 0 Å². The average molecular weight is 280 g/mol. The van der Waals surface area contributed by atoms with E-state index in [4.69, 9.17) is 0 Å². The SMILES string of the molecule is CC(Br)CCNC(=O)C1CCCCS1. The zero-order valence-corrected chi connectivity index (χ0v) is 11.0. The number of amides is 1. The monoisotopic (exact) mass is 279 g/mol. The van der Waals surface area contributed by atoms with Gasteiger partial charge in [-0.3, -0.25) is 4.79 Å². The van der Waals surface area contributed by atoms with Gasteiger partial charge in [0.25, 0.3) is 0 Å². The van der Waals surface area contributed by atoms with Crippen LogP contribution in [0.1, 0.15) is 32.6 Å². The third-order valence-electron chi connectivity index (χ3n) is 2.31. The van der Waals surface area contributed by atoms with Crippen LogP contribution in [-0.2, 0) is 4.79 Å². The maximum absolute atomic E-state index is 11.6. The fourth-order valence-corrected chi connectivity index (χ4v) is 2.91. The third kappa shape index (κ3) is 4.69. The molecule has 1 aliphatic heterocycles. The molecule has 2 nitrogen and oxygen atoms in total. The van der Waals surface area contributed by atoms with Crippen LogP contribution in [0.4, 0.5) is 0 Å². The van der Waals surface area contributed by atoms with Crippen LogP contribution >= 0.6 is 27.7 Å². The van der Waals surface area contributed by atoms with Crippen molar-refractivity contribution in [1.29, 1.82) is 0 Å². The second kappa shape index (κ2) is 6.72. The van der Waals surface area contributed by atoms with Gasteiger partial charge in [0, 0.05) is 11.4 Å². The molecule has 2 unspecified atom stereocenters. The van der Waals surface area contributed by atoms with E-state index in [0.29, 0.717) is 4.83 Å². The number of carbonyl (C=O) groups is 1. The molecule has 1 aliphatic rings. The lowest BCUT2D eigenvalue weighted by Gasteiger charge is -2.20. The van der Waals surface area contributed by atoms with Gasteiger partial charge in [-0.05, 0) is 25.0 Å². The van der Waals surface area contributed by atoms with E-state index >= 15 is 0 Å². The van der Waals surface area contributed by atoms with E-state index < -0.39 is 0 Å². The summed E-state index contributed by atoms with van der Waals surface area (Å²) in [6.45, 7) is 2.89. The van der Waals surface area contributed by atoms with Crippen LogP contribution in [0.3, 0.4) is 0 Å². The summed E-state index contributed by atoms with van der Waals surface area (Å²) < 4.78 is 0. The summed E-state index contributed by atoms with van der Waals surface area (Å²) in [5.74, 6) is 1.38. The predicted molar refractivity (Wildman–Crippen MR) is 66.1 cm³/mol. The molecule has 0 saturated carbocycles. The molecule has 0 aromatic rings. The molecule has 0 radical (unpaired) electrons. The van der Waals surface area contributed by atoms with Crippen molar-refractivity contribution in [1.82, 2.24) is 5.32 Å². The van der Waals surface area contributed by atoms with Crippen molar-refractivity contribution in [2.24, 2.45) is 0 Å². The Bertz CT molecular complexity index is 181. The van der Waals surface area contributed by atoms with Gasteiger partial charge in [-0.15, -0.1) is 11.8 Å². The molecule has 2 atom stereocenters. The van der Waals surface area contributed by atoms with Crippen molar-refractivity contribution in [2.45, 2.75) is 42.7 Å². The van der Waals surface area contributed by atoms with Crippen LogP contribution in [0.5, 0.6) is 0 Å². The first kappa shape index (κ1) is 12.4. The summed E-state index contributed by atoms with van der Waals surface area (Å²) in [6.07, 6.45) is 4.54. The van der Waals surface area contributed by atoms with Crippen LogP contribution in [0, 0.1) is 0 Å². The highest BCUT2D eigenvalue weighted by atomic mass is 79.9. The quantitative estimate of drug-likeness (QED) is 0.802. The summed E-state index contributed by atoms with van der Waals surface area (Å²) in [4.78, 5) is 12.1. The van der Waals surface area contributed by atoms with Crippen LogP contribution in [0.25, 0.3) is 0 Å². The van der Waals surface area contributed by atoms with Crippen LogP contribution < -0.4 is 5.32 Å². The zero-order chi connectivity index (χ0) is 10.4. The Morgan fingerprint density at radius 3 is 3.00 bits per heavy atom. The summed E-state index contributed by atoms with van der Waals surface area (Å²) in [6, 6.07) is 0. The maximum Gasteiger partial charge on any atom is 0.233 e. The molecule has 82 valence electrons. The standard InChI is InChI=1S/C10H18BrNOS/c1-8(11)5-6-12-10(13)9-4-2-3-7-14-9/h8-9H,2-7H2,1H3,(H,12,13). The van der Waals surface area contributed by atoms with Crippen molar-refractivity contribution in [2.75, 3.05) is 12.3 Å². The molecular weight excluding hydrogens is 262 g/mol. The van der Waals surface area contributed by atoms with Gasteiger partial charge < -0.3 is 5.32 Å². The lowest BCUT2D eigenvalue weighted by Crippen LogP contribution is -2.35. The minimum Gasteiger partial charge on any atom is -0.355 e. The van der Waals surface area contributed by atoms with E-state index in [1.165, 1.54) is 12.8 Å². The van der Waals surface area contributed by atoms with Gasteiger partial charge in [-0.1, -0.05) is 29.3 Å². The van der Waals surface area contributed by atoms with E-state index in [9.17, 15) is 4.79 Å². The first-order valence-electron chi connectivity index (χ1n) is 5.23. The molecule has 14 heavy (non-hydrogen) atoms. The predicted octanol–water partition coefficient (Wildman–Crippen LogP) is 2.56. The molecule has 1 saturated heterocycles. The molecule has 1 heterocycles. The molecular formula is C10H18BrNOS. The van der Waals surface area contributed by atoms with Crippen molar-refractivity contribution in [3.63, 3.8) is 0 Å². The number of hydrogen-bond acceptors (Lipinski definition) is 2. The second-order valence-electron chi connectivity index (χ2n) is 3.72. The van der Waals surface area contributed by atoms with Crippen LogP contribution in [0.15, 0.2) is 0 Å². The second-order valence-corrected chi connectivity index (χ2v) is 6.59. The van der Waals surface area contributed by atoms with Gasteiger partial charge in [0.2, 0.25) is 5.91 Å². The molecule has 1 fully saturated rings. The number of carbonyl (C=O) groups excluding carboxylic acids is 1. The summed E-state index contributed by atoms with van der Waals surface area (Å²) in [5.41, 5.74) is 0. The topological polar surface area (TPSA) is 29.1 Å². The first-order chi connectivity index (χ1) is 6.70. The summed E-state index contributed by atoms with van der Waals surface area (Å²) in [7, 11) is 0. The molecule has 1 amide bonds. The van der Waals surface area contributed by atoms with Crippen molar-refractivity contribution < 1.29 is 4.79 Å². The highest BCUT2D eigenvalue weighted by Crippen LogP contribution is 2.24. The minimum absolute atomic E-state index is 0.217. The smallest absolute Gasteiger partial charge is 0.233 e. The van der Waals surface area contributed by atoms with Gasteiger partial charge in [-0.2, -0.15) is 0 Å². The fraction of sp³-hybridized carbons (Fsp3) is 0.900. The number of hydrogen-bond donors (Lipinski definition) is 1. The normalized spacial score (nSPS) is 24.3. The Hall–Kier alpha value is 0.300. The third-order valence-corrected chi connectivity index (χ3v) is 4.15. The fourth-order valence-electron chi connectivity index (χ4n) is 1.46. The van der Waals surface area contributed by atoms with Crippen molar-refractivity contribution in [3.8, 4) is 0 Å². The zero-order valence-electron chi connectivity index (χ0n) is 8.59. The van der Waals surface area contributed by atoms with Gasteiger partial charge in [0.1, 0.15) is 0 Å². The Kier molecular flexibility index (Phi) is 5.94. The molecule has 4 heteroatoms. The molecule has 0 spiro atoms. The lowest BCUT2D eigenvalue weighted by atomic mass is 10.2. The number of alkyl halides is 1. The average Bonchev–Trinajstić information content (AvgIpc) is 2.18. The lowest BCUT2D eigenvalue weighted by molar-refractivity contribution is -0.120. The van der Waals surface area contributed by atoms with Crippen molar-refractivity contribution in [3.05, 3.63) is 0 Å². The van der Waals surface area contributed by atoms with E-state index in [-0.39, 0.29) is 11.2 Å². The number of rotatable bonds is 4. The van der Waals surface area contributed by atoms with Gasteiger partial charge in [-0.25, -0.2) is 0 Å². The van der Waals surface area contributed by atoms with Gasteiger partial charge in [0.05, 0.1) is 5.25 Å². The van der Waals surface area contributed by atoms with E-state index in [1.54, 1.807) is 11.8 Å². The molecule has 1 rings (SSSR count). The van der Waals surface area contributed by atoms with E-state index in [0.717, 1.165) is 25.1 Å². The Labute approximate surface area is 98.7 Å². The van der Waals surface area contributed by atoms with Crippen molar-refractivity contribution >= 4 is 33.6 Å². The number of halogens is 1. The summed E-state index contributed by atoms with van der Waals surface area (Å²) >= 11 is 5.27. The Balaban J connectivity index is 2.13. The molecule has 0 aliphatic carbocycles. The molecule has 0 bridgehead atoms. The summed E-state index contributed by atoms with van der Waals surface area (Å²) in [5, 5.41) is 3.21. The molecule has 0 aromatic heterocycles. The minimum atomic E-state index is 0.217. The number of nitrogens with one attached hydrogen (secondary N) is 1. The largest absolute Gasteiger partial charge is 0.355 e. The molecule has 0 aromatic carbocycles. The highest BCUT2D eigenvalue weighted by molar-refractivity contribution is 9.09.